The van der Waals surface area contributed by atoms with Gasteiger partial charge in [0, 0.05) is 25.8 Å². The number of hydrogen-bond donors (Lipinski definition) is 1. The van der Waals surface area contributed by atoms with E-state index in [2.05, 4.69) is 62.0 Å². The molecule has 0 saturated carbocycles. The van der Waals surface area contributed by atoms with Crippen LogP contribution in [0.1, 0.15) is 40.2 Å². The summed E-state index contributed by atoms with van der Waals surface area (Å²) >= 11 is 0. The van der Waals surface area contributed by atoms with Crippen LogP contribution in [0.5, 0.6) is 0 Å². The van der Waals surface area contributed by atoms with Crippen molar-refractivity contribution in [3.63, 3.8) is 0 Å². The van der Waals surface area contributed by atoms with Crippen LogP contribution < -0.4 is 10.2 Å². The van der Waals surface area contributed by atoms with Gasteiger partial charge in [-0.05, 0) is 30.0 Å². The van der Waals surface area contributed by atoms with E-state index in [0.29, 0.717) is 11.8 Å². The van der Waals surface area contributed by atoms with E-state index in [1.54, 1.807) is 0 Å². The average molecular weight is 263 g/mol. The van der Waals surface area contributed by atoms with E-state index in [1.165, 1.54) is 5.56 Å². The Hall–Kier alpha value is -1.09. The number of pyridine rings is 1. The molecule has 0 radical (unpaired) electrons. The van der Waals surface area contributed by atoms with Crippen LogP contribution in [-0.2, 0) is 6.54 Å². The molecule has 1 N–H and O–H groups in total. The van der Waals surface area contributed by atoms with Gasteiger partial charge in [0.2, 0.25) is 0 Å². The number of anilines is 1. The predicted molar refractivity (Wildman–Crippen MR) is 83.5 cm³/mol. The van der Waals surface area contributed by atoms with Gasteiger partial charge in [0.25, 0.3) is 0 Å². The maximum Gasteiger partial charge on any atom is 0.128 e. The van der Waals surface area contributed by atoms with Crippen LogP contribution in [0.3, 0.4) is 0 Å². The summed E-state index contributed by atoms with van der Waals surface area (Å²) in [5.74, 6) is 2.41. The molecule has 1 aromatic heterocycles. The summed E-state index contributed by atoms with van der Waals surface area (Å²) in [5, 5.41) is 3.32. The summed E-state index contributed by atoms with van der Waals surface area (Å²) in [7, 11) is 0. The van der Waals surface area contributed by atoms with Gasteiger partial charge >= 0.3 is 0 Å². The molecule has 0 amide bonds. The predicted octanol–water partition coefficient (Wildman–Crippen LogP) is 3.31. The van der Waals surface area contributed by atoms with Gasteiger partial charge in [-0.15, -0.1) is 0 Å². The van der Waals surface area contributed by atoms with Gasteiger partial charge in [0.15, 0.2) is 0 Å². The Morgan fingerprint density at radius 2 is 1.74 bits per heavy atom. The van der Waals surface area contributed by atoms with E-state index in [0.717, 1.165) is 32.0 Å². The molecule has 1 rings (SSSR count). The van der Waals surface area contributed by atoms with Crippen molar-refractivity contribution in [2.45, 2.75) is 41.2 Å². The van der Waals surface area contributed by atoms with Gasteiger partial charge in [0.05, 0.1) is 0 Å². The second-order valence-corrected chi connectivity index (χ2v) is 6.00. The third-order valence-corrected chi connectivity index (χ3v) is 2.88. The molecule has 3 heteroatoms. The van der Waals surface area contributed by atoms with Gasteiger partial charge in [-0.3, -0.25) is 0 Å². The summed E-state index contributed by atoms with van der Waals surface area (Å²) in [6, 6.07) is 4.33. The Labute approximate surface area is 118 Å². The lowest BCUT2D eigenvalue weighted by atomic mass is 10.1. The van der Waals surface area contributed by atoms with E-state index in [-0.39, 0.29) is 0 Å². The van der Waals surface area contributed by atoms with Crippen LogP contribution >= 0.6 is 0 Å². The monoisotopic (exact) mass is 263 g/mol. The molecular weight excluding hydrogens is 234 g/mol. The second-order valence-electron chi connectivity index (χ2n) is 6.00. The Bertz CT molecular complexity index is 334. The van der Waals surface area contributed by atoms with Crippen LogP contribution in [0.15, 0.2) is 18.3 Å². The fourth-order valence-corrected chi connectivity index (χ4v) is 2.12. The highest BCUT2D eigenvalue weighted by Gasteiger charge is 2.11. The number of aromatic nitrogens is 1. The first kappa shape index (κ1) is 16.0. The minimum atomic E-state index is 0.655. The van der Waals surface area contributed by atoms with Gasteiger partial charge in [-0.1, -0.05) is 40.7 Å². The number of nitrogens with zero attached hydrogens (tertiary/aromatic N) is 2. The fourth-order valence-electron chi connectivity index (χ4n) is 2.12. The second kappa shape index (κ2) is 8.16. The Balaban J connectivity index is 2.72. The lowest BCUT2D eigenvalue weighted by Gasteiger charge is -2.27. The molecule has 0 fully saturated rings. The molecule has 0 spiro atoms. The first-order chi connectivity index (χ1) is 9.02. The molecule has 0 saturated heterocycles. The zero-order valence-corrected chi connectivity index (χ0v) is 13.1. The maximum atomic E-state index is 4.62. The van der Waals surface area contributed by atoms with Crippen molar-refractivity contribution in [1.29, 1.82) is 0 Å². The van der Waals surface area contributed by atoms with E-state index in [9.17, 15) is 0 Å². The van der Waals surface area contributed by atoms with Crippen LogP contribution in [0, 0.1) is 11.8 Å². The largest absolute Gasteiger partial charge is 0.356 e. The summed E-state index contributed by atoms with van der Waals surface area (Å²) in [4.78, 5) is 7.02. The van der Waals surface area contributed by atoms with Crippen molar-refractivity contribution in [2.75, 3.05) is 24.5 Å². The molecule has 19 heavy (non-hydrogen) atoms. The molecule has 0 unspecified atom stereocenters. The molecule has 3 nitrogen and oxygen atoms in total. The molecular formula is C16H29N3. The zero-order chi connectivity index (χ0) is 14.3. The first-order valence-electron chi connectivity index (χ1n) is 7.43. The highest BCUT2D eigenvalue weighted by molar-refractivity contribution is 5.39. The van der Waals surface area contributed by atoms with E-state index in [4.69, 9.17) is 0 Å². The summed E-state index contributed by atoms with van der Waals surface area (Å²) in [6.45, 7) is 15.2. The van der Waals surface area contributed by atoms with E-state index in [1.807, 2.05) is 6.20 Å². The molecule has 0 aliphatic heterocycles. The number of nitrogens with one attached hydrogen (secondary N) is 1. The topological polar surface area (TPSA) is 28.2 Å². The smallest absolute Gasteiger partial charge is 0.128 e. The van der Waals surface area contributed by atoms with Crippen LogP contribution in [-0.4, -0.2) is 24.6 Å². The Kier molecular flexibility index (Phi) is 6.85. The van der Waals surface area contributed by atoms with Crippen molar-refractivity contribution in [1.82, 2.24) is 10.3 Å². The molecule has 0 bridgehead atoms. The third kappa shape index (κ3) is 6.06. The van der Waals surface area contributed by atoms with Crippen molar-refractivity contribution in [3.8, 4) is 0 Å². The van der Waals surface area contributed by atoms with Crippen LogP contribution in [0.25, 0.3) is 0 Å². The number of rotatable bonds is 8. The van der Waals surface area contributed by atoms with E-state index >= 15 is 0 Å². The van der Waals surface area contributed by atoms with Crippen LogP contribution in [0.4, 0.5) is 5.82 Å². The Morgan fingerprint density at radius 1 is 1.11 bits per heavy atom. The standard InChI is InChI=1S/C16H29N3/c1-6-17-9-15-7-8-16(18-10-15)19(11-13(2)3)12-14(4)5/h7-8,10,13-14,17H,6,9,11-12H2,1-5H3. The normalized spacial score (nSPS) is 11.3. The Morgan fingerprint density at radius 3 is 2.16 bits per heavy atom. The third-order valence-electron chi connectivity index (χ3n) is 2.88. The molecule has 108 valence electrons. The molecule has 0 aliphatic rings. The van der Waals surface area contributed by atoms with Crippen molar-refractivity contribution < 1.29 is 0 Å². The van der Waals surface area contributed by atoms with Crippen LogP contribution in [0.2, 0.25) is 0 Å². The maximum absolute atomic E-state index is 4.62. The molecule has 1 heterocycles. The first-order valence-corrected chi connectivity index (χ1v) is 7.43. The fraction of sp³-hybridized carbons (Fsp3) is 0.688. The number of hydrogen-bond acceptors (Lipinski definition) is 3. The van der Waals surface area contributed by atoms with Gasteiger partial charge < -0.3 is 10.2 Å². The highest BCUT2D eigenvalue weighted by Crippen LogP contribution is 2.15. The van der Waals surface area contributed by atoms with Crippen molar-refractivity contribution >= 4 is 5.82 Å². The minimum absolute atomic E-state index is 0.655. The van der Waals surface area contributed by atoms with Crippen molar-refractivity contribution in [3.05, 3.63) is 23.9 Å². The lowest BCUT2D eigenvalue weighted by Crippen LogP contribution is -2.32. The highest BCUT2D eigenvalue weighted by atomic mass is 15.2. The van der Waals surface area contributed by atoms with Gasteiger partial charge in [0.1, 0.15) is 5.82 Å². The molecule has 1 aromatic rings. The molecule has 0 aliphatic carbocycles. The molecule has 0 atom stereocenters. The zero-order valence-electron chi connectivity index (χ0n) is 13.1. The average Bonchev–Trinajstić information content (AvgIpc) is 2.35. The minimum Gasteiger partial charge on any atom is -0.356 e. The van der Waals surface area contributed by atoms with E-state index < -0.39 is 0 Å². The summed E-state index contributed by atoms with van der Waals surface area (Å²) < 4.78 is 0. The van der Waals surface area contributed by atoms with Crippen molar-refractivity contribution in [2.24, 2.45) is 11.8 Å². The SMILES string of the molecule is CCNCc1ccc(N(CC(C)C)CC(C)C)nc1. The quantitative estimate of drug-likeness (QED) is 0.780. The lowest BCUT2D eigenvalue weighted by molar-refractivity contribution is 0.548. The van der Waals surface area contributed by atoms with Gasteiger partial charge in [-0.2, -0.15) is 0 Å². The summed E-state index contributed by atoms with van der Waals surface area (Å²) in [6.07, 6.45) is 1.99. The summed E-state index contributed by atoms with van der Waals surface area (Å²) in [5.41, 5.74) is 1.25. The van der Waals surface area contributed by atoms with Gasteiger partial charge in [-0.25, -0.2) is 4.98 Å². The molecule has 0 aromatic carbocycles.